The van der Waals surface area contributed by atoms with Crippen molar-refractivity contribution in [3.05, 3.63) is 72.9 Å². The minimum Gasteiger partial charge on any atom is -0.379 e. The lowest BCUT2D eigenvalue weighted by Crippen LogP contribution is -2.32. The zero-order chi connectivity index (χ0) is 18.9. The Morgan fingerprint density at radius 3 is 2.59 bits per heavy atom. The van der Waals surface area contributed by atoms with E-state index in [1.54, 1.807) is 24.0 Å². The van der Waals surface area contributed by atoms with Gasteiger partial charge >= 0.3 is 0 Å². The molecule has 3 aromatic rings. The summed E-state index contributed by atoms with van der Waals surface area (Å²) in [6.45, 7) is 0.772. The van der Waals surface area contributed by atoms with Crippen LogP contribution in [0.2, 0.25) is 0 Å². The maximum absolute atomic E-state index is 13.0. The third-order valence-electron chi connectivity index (χ3n) is 4.81. The van der Waals surface area contributed by atoms with E-state index < -0.39 is 10.0 Å². The lowest BCUT2D eigenvalue weighted by molar-refractivity contribution is 0.468. The Hall–Kier alpha value is -2.71. The van der Waals surface area contributed by atoms with Crippen molar-refractivity contribution >= 4 is 15.7 Å². The van der Waals surface area contributed by atoms with Gasteiger partial charge in [0.15, 0.2) is 5.03 Å². The lowest BCUT2D eigenvalue weighted by atomic mass is 9.94. The number of imidazole rings is 1. The number of nitrogens with one attached hydrogen (secondary N) is 1. The van der Waals surface area contributed by atoms with E-state index in [1.165, 1.54) is 16.8 Å². The minimum atomic E-state index is -3.64. The Kier molecular flexibility index (Phi) is 4.67. The molecule has 140 valence electrons. The first-order valence-corrected chi connectivity index (χ1v) is 10.2. The molecule has 0 spiro atoms. The maximum atomic E-state index is 13.0. The monoisotopic (exact) mass is 383 g/mol. The van der Waals surface area contributed by atoms with Gasteiger partial charge in [-0.2, -0.15) is 4.31 Å². The fourth-order valence-electron chi connectivity index (χ4n) is 3.46. The zero-order valence-electron chi connectivity index (χ0n) is 14.9. The molecule has 0 amide bonds. The SMILES string of the molecule is Cn1cnc(S(=O)(=O)N2C[C@@H](Nc3cccnc3)[C@H](c3ccccc3)C2)c1. The Labute approximate surface area is 158 Å². The van der Waals surface area contributed by atoms with Crippen LogP contribution in [0.1, 0.15) is 11.5 Å². The minimum absolute atomic E-state index is 0.0323. The molecule has 1 N–H and O–H groups in total. The van der Waals surface area contributed by atoms with Crippen LogP contribution in [0.5, 0.6) is 0 Å². The number of hydrogen-bond acceptors (Lipinski definition) is 5. The molecular weight excluding hydrogens is 362 g/mol. The molecule has 1 aliphatic heterocycles. The second-order valence-electron chi connectivity index (χ2n) is 6.71. The van der Waals surface area contributed by atoms with Gasteiger partial charge in [-0.25, -0.2) is 13.4 Å². The molecule has 1 fully saturated rings. The number of benzene rings is 1. The van der Waals surface area contributed by atoms with Gasteiger partial charge in [-0.3, -0.25) is 4.98 Å². The maximum Gasteiger partial charge on any atom is 0.262 e. The molecule has 2 aromatic heterocycles. The van der Waals surface area contributed by atoms with Crippen LogP contribution >= 0.6 is 0 Å². The van der Waals surface area contributed by atoms with Crippen LogP contribution < -0.4 is 5.32 Å². The Balaban J connectivity index is 1.64. The van der Waals surface area contributed by atoms with Gasteiger partial charge in [-0.15, -0.1) is 0 Å². The first kappa shape index (κ1) is 17.7. The third-order valence-corrected chi connectivity index (χ3v) is 6.53. The standard InChI is InChI=1S/C19H21N5O2S/c1-23-13-19(21-14-23)27(25,26)24-11-17(15-6-3-2-4-7-15)18(12-24)22-16-8-5-9-20-10-16/h2-10,13-14,17-18,22H,11-12H2,1H3/t17-,18+/m0/s1. The Morgan fingerprint density at radius 1 is 1.11 bits per heavy atom. The molecular formula is C19H21N5O2S. The second-order valence-corrected chi connectivity index (χ2v) is 8.59. The highest BCUT2D eigenvalue weighted by Crippen LogP contribution is 2.32. The van der Waals surface area contributed by atoms with Crippen molar-refractivity contribution in [2.75, 3.05) is 18.4 Å². The van der Waals surface area contributed by atoms with E-state index in [1.807, 2.05) is 42.5 Å². The molecule has 0 radical (unpaired) electrons. The van der Waals surface area contributed by atoms with Crippen molar-refractivity contribution in [3.8, 4) is 0 Å². The van der Waals surface area contributed by atoms with Crippen molar-refractivity contribution in [1.29, 1.82) is 0 Å². The van der Waals surface area contributed by atoms with Crippen LogP contribution in [-0.2, 0) is 17.1 Å². The van der Waals surface area contributed by atoms with Gasteiger partial charge in [0.05, 0.1) is 12.0 Å². The molecule has 1 aliphatic rings. The zero-order valence-corrected chi connectivity index (χ0v) is 15.7. The van der Waals surface area contributed by atoms with Crippen LogP contribution in [0, 0.1) is 0 Å². The fourth-order valence-corrected chi connectivity index (χ4v) is 4.92. The summed E-state index contributed by atoms with van der Waals surface area (Å²) in [6.07, 6.45) is 6.50. The normalized spacial score (nSPS) is 20.6. The molecule has 4 rings (SSSR count). The Morgan fingerprint density at radius 2 is 1.93 bits per heavy atom. The summed E-state index contributed by atoms with van der Waals surface area (Å²) in [4.78, 5) is 8.18. The number of hydrogen-bond donors (Lipinski definition) is 1. The molecule has 3 heterocycles. The largest absolute Gasteiger partial charge is 0.379 e. The van der Waals surface area contributed by atoms with Gasteiger partial charge in [0.2, 0.25) is 0 Å². The predicted octanol–water partition coefficient (Wildman–Crippen LogP) is 2.08. The van der Waals surface area contributed by atoms with Crippen LogP contribution in [-0.4, -0.2) is 46.4 Å². The van der Waals surface area contributed by atoms with Gasteiger partial charge in [-0.05, 0) is 17.7 Å². The first-order chi connectivity index (χ1) is 13.0. The number of aryl methyl sites for hydroxylation is 1. The predicted molar refractivity (Wildman–Crippen MR) is 103 cm³/mol. The number of nitrogens with zero attached hydrogens (tertiary/aromatic N) is 4. The van der Waals surface area contributed by atoms with E-state index in [9.17, 15) is 8.42 Å². The lowest BCUT2D eigenvalue weighted by Gasteiger charge is -2.21. The van der Waals surface area contributed by atoms with E-state index in [-0.39, 0.29) is 17.0 Å². The average Bonchev–Trinajstić information content (AvgIpc) is 3.31. The van der Waals surface area contributed by atoms with Crippen molar-refractivity contribution in [1.82, 2.24) is 18.8 Å². The highest BCUT2D eigenvalue weighted by Gasteiger charge is 2.40. The number of rotatable bonds is 5. The van der Waals surface area contributed by atoms with Crippen LogP contribution in [0.25, 0.3) is 0 Å². The number of anilines is 1. The fraction of sp³-hybridized carbons (Fsp3) is 0.263. The molecule has 7 nitrogen and oxygen atoms in total. The van der Waals surface area contributed by atoms with E-state index in [2.05, 4.69) is 15.3 Å². The first-order valence-electron chi connectivity index (χ1n) is 8.73. The van der Waals surface area contributed by atoms with Crippen molar-refractivity contribution in [3.63, 3.8) is 0 Å². The van der Waals surface area contributed by atoms with Crippen molar-refractivity contribution < 1.29 is 8.42 Å². The summed E-state index contributed by atoms with van der Waals surface area (Å²) in [7, 11) is -1.88. The highest BCUT2D eigenvalue weighted by molar-refractivity contribution is 7.89. The molecule has 0 saturated carbocycles. The quantitative estimate of drug-likeness (QED) is 0.730. The third kappa shape index (κ3) is 3.58. The molecule has 1 aromatic carbocycles. The van der Waals surface area contributed by atoms with Crippen molar-refractivity contribution in [2.24, 2.45) is 7.05 Å². The topological polar surface area (TPSA) is 80.1 Å². The number of pyridine rings is 1. The van der Waals surface area contributed by atoms with Crippen LogP contribution in [0.15, 0.2) is 72.4 Å². The molecule has 0 unspecified atom stereocenters. The van der Waals surface area contributed by atoms with Crippen LogP contribution in [0.3, 0.4) is 0 Å². The molecule has 1 saturated heterocycles. The van der Waals surface area contributed by atoms with Gasteiger partial charge in [0.25, 0.3) is 10.0 Å². The molecule has 8 heteroatoms. The molecule has 2 atom stereocenters. The van der Waals surface area contributed by atoms with Gasteiger partial charge in [-0.1, -0.05) is 30.3 Å². The molecule has 0 aliphatic carbocycles. The number of sulfonamides is 1. The Bertz CT molecular complexity index is 1000. The summed E-state index contributed by atoms with van der Waals surface area (Å²) in [6, 6.07) is 13.7. The van der Waals surface area contributed by atoms with Gasteiger partial charge < -0.3 is 9.88 Å². The van der Waals surface area contributed by atoms with Gasteiger partial charge in [0, 0.05) is 50.7 Å². The summed E-state index contributed by atoms with van der Waals surface area (Å²) >= 11 is 0. The molecule has 0 bridgehead atoms. The second kappa shape index (κ2) is 7.13. The van der Waals surface area contributed by atoms with E-state index in [4.69, 9.17) is 0 Å². The summed E-state index contributed by atoms with van der Waals surface area (Å²) < 4.78 is 29.2. The van der Waals surface area contributed by atoms with Crippen LogP contribution in [0.4, 0.5) is 5.69 Å². The van der Waals surface area contributed by atoms with Gasteiger partial charge in [0.1, 0.15) is 0 Å². The average molecular weight is 383 g/mol. The van der Waals surface area contributed by atoms with Crippen molar-refractivity contribution in [2.45, 2.75) is 17.0 Å². The highest BCUT2D eigenvalue weighted by atomic mass is 32.2. The summed E-state index contributed by atoms with van der Waals surface area (Å²) in [5.41, 5.74) is 1.98. The smallest absolute Gasteiger partial charge is 0.262 e. The summed E-state index contributed by atoms with van der Waals surface area (Å²) in [5, 5.41) is 3.54. The summed E-state index contributed by atoms with van der Waals surface area (Å²) in [5.74, 6) is 0.0323. The number of aromatic nitrogens is 3. The van der Waals surface area contributed by atoms with E-state index >= 15 is 0 Å². The molecule has 27 heavy (non-hydrogen) atoms. The van der Waals surface area contributed by atoms with E-state index in [0.717, 1.165) is 11.3 Å². The van der Waals surface area contributed by atoms with E-state index in [0.29, 0.717) is 13.1 Å².